The van der Waals surface area contributed by atoms with Crippen molar-refractivity contribution < 1.29 is 9.53 Å². The first-order valence-electron chi connectivity index (χ1n) is 7.11. The van der Waals surface area contributed by atoms with Crippen LogP contribution < -0.4 is 5.73 Å². The Morgan fingerprint density at radius 2 is 2.19 bits per heavy atom. The summed E-state index contributed by atoms with van der Waals surface area (Å²) < 4.78 is 6.44. The van der Waals surface area contributed by atoms with Crippen LogP contribution in [0.1, 0.15) is 27.5 Å². The molecule has 0 bridgehead atoms. The fraction of sp³-hybridized carbons (Fsp3) is 0.467. The standard InChI is InChI=1S/C15H19N3O2S/c1-9-8-11-12(10(2)17-9)13(16)14(21-11)15(19)18-4-3-6-20-7-5-18/h8H,3-7,16H2,1-2H3. The van der Waals surface area contributed by atoms with E-state index in [1.807, 2.05) is 24.8 Å². The number of nitrogens with two attached hydrogens (primary N) is 1. The van der Waals surface area contributed by atoms with Crippen molar-refractivity contribution in [3.05, 3.63) is 22.3 Å². The number of amides is 1. The first-order chi connectivity index (χ1) is 10.1. The molecule has 0 spiro atoms. The fourth-order valence-corrected chi connectivity index (χ4v) is 3.97. The summed E-state index contributed by atoms with van der Waals surface area (Å²) in [5.41, 5.74) is 8.63. The predicted octanol–water partition coefficient (Wildman–Crippen LogP) is 2.36. The van der Waals surface area contributed by atoms with Crippen LogP contribution in [0.25, 0.3) is 10.1 Å². The highest BCUT2D eigenvalue weighted by atomic mass is 32.1. The van der Waals surface area contributed by atoms with Crippen molar-refractivity contribution in [3.63, 3.8) is 0 Å². The normalized spacial score (nSPS) is 16.2. The third kappa shape index (κ3) is 2.61. The van der Waals surface area contributed by atoms with E-state index >= 15 is 0 Å². The molecule has 0 aliphatic carbocycles. The van der Waals surface area contributed by atoms with Crippen LogP contribution in [0.3, 0.4) is 0 Å². The van der Waals surface area contributed by atoms with Gasteiger partial charge in [-0.1, -0.05) is 0 Å². The SMILES string of the molecule is Cc1cc2sc(C(=O)N3CCCOCC3)c(N)c2c(C)n1. The number of hydrogen-bond acceptors (Lipinski definition) is 5. The molecular formula is C15H19N3O2S. The molecule has 3 heterocycles. The highest BCUT2D eigenvalue weighted by molar-refractivity contribution is 7.21. The van der Waals surface area contributed by atoms with Crippen LogP contribution in [-0.4, -0.2) is 42.1 Å². The van der Waals surface area contributed by atoms with Crippen molar-refractivity contribution in [2.75, 3.05) is 32.0 Å². The van der Waals surface area contributed by atoms with E-state index in [-0.39, 0.29) is 5.91 Å². The Bertz CT molecular complexity index is 688. The van der Waals surface area contributed by atoms with Gasteiger partial charge in [-0.25, -0.2) is 0 Å². The molecule has 1 saturated heterocycles. The second kappa shape index (κ2) is 5.61. The van der Waals surface area contributed by atoms with Crippen LogP contribution in [0, 0.1) is 13.8 Å². The van der Waals surface area contributed by atoms with Crippen molar-refractivity contribution >= 4 is 33.0 Å². The Balaban J connectivity index is 2.01. The Labute approximate surface area is 127 Å². The number of anilines is 1. The van der Waals surface area contributed by atoms with Gasteiger partial charge in [0.15, 0.2) is 0 Å². The summed E-state index contributed by atoms with van der Waals surface area (Å²) in [7, 11) is 0. The molecule has 1 fully saturated rings. The summed E-state index contributed by atoms with van der Waals surface area (Å²) in [5, 5.41) is 0.917. The Hall–Kier alpha value is -1.66. The molecule has 21 heavy (non-hydrogen) atoms. The van der Waals surface area contributed by atoms with Crippen LogP contribution in [0.5, 0.6) is 0 Å². The monoisotopic (exact) mass is 305 g/mol. The van der Waals surface area contributed by atoms with Crippen LogP contribution in [-0.2, 0) is 4.74 Å². The number of rotatable bonds is 1. The van der Waals surface area contributed by atoms with E-state index in [2.05, 4.69) is 4.98 Å². The molecule has 2 aromatic rings. The van der Waals surface area contributed by atoms with Crippen LogP contribution in [0.2, 0.25) is 0 Å². The molecule has 0 saturated carbocycles. The first kappa shape index (κ1) is 14.3. The number of ether oxygens (including phenoxy) is 1. The van der Waals surface area contributed by atoms with Gasteiger partial charge in [0, 0.05) is 41.2 Å². The molecule has 1 amide bonds. The molecule has 0 unspecified atom stereocenters. The third-order valence-corrected chi connectivity index (χ3v) is 4.86. The van der Waals surface area contributed by atoms with Crippen molar-refractivity contribution in [1.82, 2.24) is 9.88 Å². The van der Waals surface area contributed by atoms with Crippen LogP contribution >= 0.6 is 11.3 Å². The second-order valence-electron chi connectivity index (χ2n) is 5.33. The molecular weight excluding hydrogens is 286 g/mol. The number of carbonyl (C=O) groups is 1. The van der Waals surface area contributed by atoms with Gasteiger partial charge in [-0.15, -0.1) is 11.3 Å². The Morgan fingerprint density at radius 3 is 3.00 bits per heavy atom. The van der Waals surface area contributed by atoms with Gasteiger partial charge < -0.3 is 15.4 Å². The summed E-state index contributed by atoms with van der Waals surface area (Å²) in [6.07, 6.45) is 0.871. The minimum absolute atomic E-state index is 0.0104. The van der Waals surface area contributed by atoms with Gasteiger partial charge >= 0.3 is 0 Å². The molecule has 0 aromatic carbocycles. The lowest BCUT2D eigenvalue weighted by atomic mass is 10.2. The number of hydrogen-bond donors (Lipinski definition) is 1. The molecule has 5 nitrogen and oxygen atoms in total. The predicted molar refractivity (Wildman–Crippen MR) is 84.8 cm³/mol. The molecule has 6 heteroatoms. The lowest BCUT2D eigenvalue weighted by Crippen LogP contribution is -2.33. The maximum Gasteiger partial charge on any atom is 0.266 e. The molecule has 2 aromatic heterocycles. The van der Waals surface area contributed by atoms with Crippen LogP contribution in [0.4, 0.5) is 5.69 Å². The zero-order valence-electron chi connectivity index (χ0n) is 12.3. The number of fused-ring (bicyclic) bond motifs is 1. The second-order valence-corrected chi connectivity index (χ2v) is 6.38. The zero-order valence-corrected chi connectivity index (χ0v) is 13.1. The van der Waals surface area contributed by atoms with Gasteiger partial charge in [0.05, 0.1) is 12.3 Å². The lowest BCUT2D eigenvalue weighted by Gasteiger charge is -2.18. The maximum atomic E-state index is 12.7. The average molecular weight is 305 g/mol. The number of carbonyl (C=O) groups excluding carboxylic acids is 1. The van der Waals surface area contributed by atoms with E-state index < -0.39 is 0 Å². The van der Waals surface area contributed by atoms with Gasteiger partial charge in [-0.3, -0.25) is 9.78 Å². The zero-order chi connectivity index (χ0) is 15.0. The van der Waals surface area contributed by atoms with Gasteiger partial charge in [0.25, 0.3) is 5.91 Å². The van der Waals surface area contributed by atoms with E-state index in [9.17, 15) is 4.79 Å². The number of nitrogen functional groups attached to an aromatic ring is 1. The molecule has 0 radical (unpaired) electrons. The number of thiophene rings is 1. The number of nitrogens with zero attached hydrogens (tertiary/aromatic N) is 2. The lowest BCUT2D eigenvalue weighted by molar-refractivity contribution is 0.0747. The number of aryl methyl sites for hydroxylation is 2. The summed E-state index contributed by atoms with van der Waals surface area (Å²) in [5.74, 6) is 0.0104. The molecule has 1 aliphatic rings. The molecule has 3 rings (SSSR count). The largest absolute Gasteiger partial charge is 0.397 e. The minimum atomic E-state index is 0.0104. The molecule has 112 valence electrons. The van der Waals surface area contributed by atoms with E-state index in [4.69, 9.17) is 10.5 Å². The average Bonchev–Trinajstić information content (AvgIpc) is 2.64. The minimum Gasteiger partial charge on any atom is -0.397 e. The first-order valence-corrected chi connectivity index (χ1v) is 7.93. The maximum absolute atomic E-state index is 12.7. The van der Waals surface area contributed by atoms with Crippen LogP contribution in [0.15, 0.2) is 6.07 Å². The van der Waals surface area contributed by atoms with Gasteiger partial charge in [-0.05, 0) is 26.3 Å². The summed E-state index contributed by atoms with van der Waals surface area (Å²) >= 11 is 1.46. The van der Waals surface area contributed by atoms with Crippen molar-refractivity contribution in [1.29, 1.82) is 0 Å². The highest BCUT2D eigenvalue weighted by Gasteiger charge is 2.24. The molecule has 2 N–H and O–H groups in total. The van der Waals surface area contributed by atoms with Gasteiger partial charge in [-0.2, -0.15) is 0 Å². The van der Waals surface area contributed by atoms with Gasteiger partial charge in [0.2, 0.25) is 0 Å². The Kier molecular flexibility index (Phi) is 3.82. The van der Waals surface area contributed by atoms with E-state index in [1.54, 1.807) is 0 Å². The summed E-state index contributed by atoms with van der Waals surface area (Å²) in [6.45, 7) is 6.55. The smallest absolute Gasteiger partial charge is 0.266 e. The topological polar surface area (TPSA) is 68.5 Å². The highest BCUT2D eigenvalue weighted by Crippen LogP contribution is 2.36. The molecule has 1 aliphatic heterocycles. The van der Waals surface area contributed by atoms with Gasteiger partial charge in [0.1, 0.15) is 4.88 Å². The van der Waals surface area contributed by atoms with E-state index in [0.29, 0.717) is 30.3 Å². The molecule has 0 atom stereocenters. The van der Waals surface area contributed by atoms with E-state index in [1.165, 1.54) is 11.3 Å². The fourth-order valence-electron chi connectivity index (χ4n) is 2.73. The summed E-state index contributed by atoms with van der Waals surface area (Å²) in [4.78, 5) is 19.6. The van der Waals surface area contributed by atoms with E-state index in [0.717, 1.165) is 34.4 Å². The summed E-state index contributed by atoms with van der Waals surface area (Å²) in [6, 6.07) is 1.99. The number of aromatic nitrogens is 1. The van der Waals surface area contributed by atoms with Crippen molar-refractivity contribution in [2.24, 2.45) is 0 Å². The Morgan fingerprint density at radius 1 is 1.38 bits per heavy atom. The van der Waals surface area contributed by atoms with Crippen molar-refractivity contribution in [3.8, 4) is 0 Å². The number of pyridine rings is 1. The van der Waals surface area contributed by atoms with Crippen molar-refractivity contribution in [2.45, 2.75) is 20.3 Å². The quantitative estimate of drug-likeness (QED) is 0.878. The third-order valence-electron chi connectivity index (χ3n) is 3.72.